The molecular formula is C15H31NO2. The smallest absolute Gasteiger partial charge is 0.0587 e. The Balaban J connectivity index is 2.32. The minimum absolute atomic E-state index is 0.473. The van der Waals surface area contributed by atoms with Gasteiger partial charge in [-0.05, 0) is 30.6 Å². The summed E-state index contributed by atoms with van der Waals surface area (Å²) in [6, 6.07) is 0. The van der Waals surface area contributed by atoms with E-state index in [0.29, 0.717) is 5.41 Å². The molecule has 0 unspecified atom stereocenters. The Hall–Kier alpha value is -0.120. The lowest BCUT2D eigenvalue weighted by atomic mass is 9.75. The Morgan fingerprint density at radius 3 is 2.61 bits per heavy atom. The molecule has 3 heteroatoms. The quantitative estimate of drug-likeness (QED) is 0.644. The van der Waals surface area contributed by atoms with Gasteiger partial charge in [-0.2, -0.15) is 0 Å². The Kier molecular flexibility index (Phi) is 7.87. The second-order valence-electron chi connectivity index (χ2n) is 6.07. The maximum absolute atomic E-state index is 5.53. The van der Waals surface area contributed by atoms with E-state index in [-0.39, 0.29) is 0 Å². The summed E-state index contributed by atoms with van der Waals surface area (Å²) in [6.45, 7) is 9.39. The summed E-state index contributed by atoms with van der Waals surface area (Å²) < 4.78 is 10.6. The van der Waals surface area contributed by atoms with Crippen molar-refractivity contribution in [1.29, 1.82) is 0 Å². The van der Waals surface area contributed by atoms with Crippen LogP contribution in [0.3, 0.4) is 0 Å². The van der Waals surface area contributed by atoms with Crippen LogP contribution in [0, 0.1) is 11.3 Å². The summed E-state index contributed by atoms with van der Waals surface area (Å²) in [5, 5.41) is 3.55. The summed E-state index contributed by atoms with van der Waals surface area (Å²) in [7, 11) is 1.76. The molecule has 18 heavy (non-hydrogen) atoms. The summed E-state index contributed by atoms with van der Waals surface area (Å²) in [5.74, 6) is 0.823. The average molecular weight is 257 g/mol. The summed E-state index contributed by atoms with van der Waals surface area (Å²) in [6.07, 6.45) is 6.47. The van der Waals surface area contributed by atoms with Gasteiger partial charge in [-0.25, -0.2) is 0 Å². The molecule has 1 rings (SSSR count). The van der Waals surface area contributed by atoms with Gasteiger partial charge in [0.25, 0.3) is 0 Å². The van der Waals surface area contributed by atoms with Crippen LogP contribution in [0.25, 0.3) is 0 Å². The zero-order chi connectivity index (χ0) is 13.3. The van der Waals surface area contributed by atoms with Gasteiger partial charge < -0.3 is 14.8 Å². The highest BCUT2D eigenvalue weighted by Gasteiger charge is 2.31. The molecule has 0 aromatic heterocycles. The Morgan fingerprint density at radius 2 is 2.00 bits per heavy atom. The molecule has 0 aliphatic carbocycles. The van der Waals surface area contributed by atoms with Gasteiger partial charge in [0, 0.05) is 33.4 Å². The second-order valence-corrected chi connectivity index (χ2v) is 6.07. The normalized spacial score (nSPS) is 19.3. The molecule has 1 aliphatic heterocycles. The number of ether oxygens (including phenoxy) is 2. The SMILES string of the molecule is COCCNCC1(CCCC(C)C)CCOCC1. The zero-order valence-electron chi connectivity index (χ0n) is 12.5. The van der Waals surface area contributed by atoms with Crippen molar-refractivity contribution in [2.45, 2.75) is 46.0 Å². The van der Waals surface area contributed by atoms with Crippen LogP contribution in [0.4, 0.5) is 0 Å². The number of hydrogen-bond donors (Lipinski definition) is 1. The third-order valence-corrected chi connectivity index (χ3v) is 4.03. The fourth-order valence-corrected chi connectivity index (χ4v) is 2.73. The highest BCUT2D eigenvalue weighted by Crippen LogP contribution is 2.35. The number of nitrogens with one attached hydrogen (secondary N) is 1. The summed E-state index contributed by atoms with van der Waals surface area (Å²) >= 11 is 0. The van der Waals surface area contributed by atoms with E-state index in [1.165, 1.54) is 32.1 Å². The molecular weight excluding hydrogens is 226 g/mol. The van der Waals surface area contributed by atoms with Crippen molar-refractivity contribution in [3.63, 3.8) is 0 Å². The lowest BCUT2D eigenvalue weighted by molar-refractivity contribution is 0.00825. The van der Waals surface area contributed by atoms with Crippen LogP contribution in [-0.4, -0.2) is 40.0 Å². The molecule has 0 aromatic carbocycles. The Morgan fingerprint density at radius 1 is 1.28 bits per heavy atom. The molecule has 0 spiro atoms. The van der Waals surface area contributed by atoms with Gasteiger partial charge in [-0.1, -0.05) is 26.7 Å². The van der Waals surface area contributed by atoms with Gasteiger partial charge in [-0.15, -0.1) is 0 Å². The van der Waals surface area contributed by atoms with E-state index < -0.39 is 0 Å². The first-order valence-electron chi connectivity index (χ1n) is 7.46. The van der Waals surface area contributed by atoms with E-state index in [0.717, 1.165) is 38.8 Å². The van der Waals surface area contributed by atoms with Crippen LogP contribution in [0.1, 0.15) is 46.0 Å². The van der Waals surface area contributed by atoms with Crippen LogP contribution in [0.2, 0.25) is 0 Å². The largest absolute Gasteiger partial charge is 0.383 e. The highest BCUT2D eigenvalue weighted by atomic mass is 16.5. The maximum atomic E-state index is 5.53. The molecule has 1 saturated heterocycles. The number of rotatable bonds is 9. The zero-order valence-corrected chi connectivity index (χ0v) is 12.5. The monoisotopic (exact) mass is 257 g/mol. The molecule has 108 valence electrons. The second kappa shape index (κ2) is 8.89. The van der Waals surface area contributed by atoms with Crippen molar-refractivity contribution in [2.24, 2.45) is 11.3 Å². The predicted molar refractivity (Wildman–Crippen MR) is 75.9 cm³/mol. The molecule has 0 aromatic rings. The molecule has 0 radical (unpaired) electrons. The van der Waals surface area contributed by atoms with Crippen molar-refractivity contribution in [1.82, 2.24) is 5.32 Å². The lowest BCUT2D eigenvalue weighted by Crippen LogP contribution is -2.40. The molecule has 1 N–H and O–H groups in total. The molecule has 0 saturated carbocycles. The van der Waals surface area contributed by atoms with Crippen LogP contribution in [0.5, 0.6) is 0 Å². The first kappa shape index (κ1) is 15.9. The van der Waals surface area contributed by atoms with Crippen LogP contribution >= 0.6 is 0 Å². The topological polar surface area (TPSA) is 30.5 Å². The third kappa shape index (κ3) is 6.17. The van der Waals surface area contributed by atoms with Crippen molar-refractivity contribution in [3.8, 4) is 0 Å². The van der Waals surface area contributed by atoms with E-state index in [4.69, 9.17) is 9.47 Å². The molecule has 0 atom stereocenters. The highest BCUT2D eigenvalue weighted by molar-refractivity contribution is 4.84. The first-order valence-corrected chi connectivity index (χ1v) is 7.46. The number of methoxy groups -OCH3 is 1. The number of hydrogen-bond acceptors (Lipinski definition) is 3. The van der Waals surface area contributed by atoms with E-state index >= 15 is 0 Å². The van der Waals surface area contributed by atoms with Crippen LogP contribution in [0.15, 0.2) is 0 Å². The molecule has 0 amide bonds. The minimum Gasteiger partial charge on any atom is -0.383 e. The molecule has 3 nitrogen and oxygen atoms in total. The maximum Gasteiger partial charge on any atom is 0.0587 e. The standard InChI is InChI=1S/C15H31NO2/c1-14(2)5-4-6-15(7-10-18-11-8-15)13-16-9-12-17-3/h14,16H,4-13H2,1-3H3. The van der Waals surface area contributed by atoms with Crippen molar-refractivity contribution < 1.29 is 9.47 Å². The van der Waals surface area contributed by atoms with Gasteiger partial charge in [0.15, 0.2) is 0 Å². The van der Waals surface area contributed by atoms with E-state index in [2.05, 4.69) is 19.2 Å². The Labute approximate surface area is 113 Å². The van der Waals surface area contributed by atoms with Crippen molar-refractivity contribution in [3.05, 3.63) is 0 Å². The van der Waals surface area contributed by atoms with Crippen LogP contribution < -0.4 is 5.32 Å². The van der Waals surface area contributed by atoms with Gasteiger partial charge in [0.05, 0.1) is 6.61 Å². The van der Waals surface area contributed by atoms with Gasteiger partial charge >= 0.3 is 0 Å². The van der Waals surface area contributed by atoms with E-state index in [1.807, 2.05) is 0 Å². The fourth-order valence-electron chi connectivity index (χ4n) is 2.73. The molecule has 1 fully saturated rings. The van der Waals surface area contributed by atoms with Crippen LogP contribution in [-0.2, 0) is 9.47 Å². The van der Waals surface area contributed by atoms with Gasteiger partial charge in [0.2, 0.25) is 0 Å². The summed E-state index contributed by atoms with van der Waals surface area (Å²) in [4.78, 5) is 0. The summed E-state index contributed by atoms with van der Waals surface area (Å²) in [5.41, 5.74) is 0.473. The Bertz CT molecular complexity index is 201. The minimum atomic E-state index is 0.473. The van der Waals surface area contributed by atoms with Gasteiger partial charge in [-0.3, -0.25) is 0 Å². The lowest BCUT2D eigenvalue weighted by Gasteiger charge is -2.38. The average Bonchev–Trinajstić information content (AvgIpc) is 2.36. The first-order chi connectivity index (χ1) is 8.68. The fraction of sp³-hybridized carbons (Fsp3) is 1.00. The van der Waals surface area contributed by atoms with Crippen molar-refractivity contribution in [2.75, 3.05) is 40.0 Å². The molecule has 1 heterocycles. The van der Waals surface area contributed by atoms with E-state index in [1.54, 1.807) is 7.11 Å². The third-order valence-electron chi connectivity index (χ3n) is 4.03. The van der Waals surface area contributed by atoms with Gasteiger partial charge in [0.1, 0.15) is 0 Å². The van der Waals surface area contributed by atoms with Crippen molar-refractivity contribution >= 4 is 0 Å². The molecule has 1 aliphatic rings. The predicted octanol–water partition coefficient (Wildman–Crippen LogP) is 2.85. The van der Waals surface area contributed by atoms with E-state index in [9.17, 15) is 0 Å². The molecule has 0 bridgehead atoms.